The summed E-state index contributed by atoms with van der Waals surface area (Å²) in [4.78, 5) is 21.7. The number of carbonyl (C=O) groups is 1. The van der Waals surface area contributed by atoms with E-state index in [1.807, 2.05) is 4.90 Å². The number of methoxy groups -OCH3 is 1. The molecule has 2 saturated heterocycles. The fourth-order valence-electron chi connectivity index (χ4n) is 3.91. The molecule has 2 fully saturated rings. The van der Waals surface area contributed by atoms with Gasteiger partial charge in [-0.05, 0) is 39.7 Å². The van der Waals surface area contributed by atoms with Crippen molar-refractivity contribution < 1.29 is 14.1 Å². The van der Waals surface area contributed by atoms with E-state index < -0.39 is 0 Å². The number of carbonyl (C=O) groups excluding carboxylic acids is 1. The fraction of sp³-hybridized carbons (Fsp3) is 0.824. The summed E-state index contributed by atoms with van der Waals surface area (Å²) in [6.45, 7) is 8.01. The maximum absolute atomic E-state index is 12.9. The normalized spacial score (nSPS) is 25.3. The molecule has 0 bridgehead atoms. The fourth-order valence-corrected chi connectivity index (χ4v) is 3.91. The molecule has 0 radical (unpaired) electrons. The summed E-state index contributed by atoms with van der Waals surface area (Å²) >= 11 is 0. The van der Waals surface area contributed by atoms with E-state index in [0.717, 1.165) is 38.9 Å². The first-order valence-corrected chi connectivity index (χ1v) is 8.88. The summed E-state index contributed by atoms with van der Waals surface area (Å²) in [7, 11) is 1.66. The highest BCUT2D eigenvalue weighted by Crippen LogP contribution is 2.40. The third kappa shape index (κ3) is 3.47. The molecule has 7 heteroatoms. The van der Waals surface area contributed by atoms with Crippen molar-refractivity contribution in [3.63, 3.8) is 0 Å². The summed E-state index contributed by atoms with van der Waals surface area (Å²) in [5.74, 6) is 1.64. The number of rotatable bonds is 6. The lowest BCUT2D eigenvalue weighted by molar-refractivity contribution is -0.147. The second-order valence-corrected chi connectivity index (χ2v) is 7.28. The SMILES string of the molecule is COCCc1noc(CN2CCC3(CCCN(C(C)C)C3=O)C2)n1. The van der Waals surface area contributed by atoms with E-state index in [4.69, 9.17) is 9.26 Å². The lowest BCUT2D eigenvalue weighted by Crippen LogP contribution is -2.52. The Morgan fingerprint density at radius 2 is 2.17 bits per heavy atom. The zero-order valence-electron chi connectivity index (χ0n) is 15.0. The van der Waals surface area contributed by atoms with Gasteiger partial charge in [0, 0.05) is 32.7 Å². The minimum absolute atomic E-state index is 0.207. The smallest absolute Gasteiger partial charge is 0.240 e. The minimum atomic E-state index is -0.207. The Balaban J connectivity index is 1.60. The molecule has 24 heavy (non-hydrogen) atoms. The van der Waals surface area contributed by atoms with Gasteiger partial charge in [0.1, 0.15) is 0 Å². The van der Waals surface area contributed by atoms with Gasteiger partial charge in [-0.15, -0.1) is 0 Å². The number of likely N-dealkylation sites (tertiary alicyclic amines) is 2. The van der Waals surface area contributed by atoms with Crippen LogP contribution in [0.2, 0.25) is 0 Å². The molecule has 3 heterocycles. The predicted molar refractivity (Wildman–Crippen MR) is 88.3 cm³/mol. The van der Waals surface area contributed by atoms with E-state index in [-0.39, 0.29) is 11.5 Å². The molecule has 1 aromatic heterocycles. The molecule has 0 N–H and O–H groups in total. The maximum Gasteiger partial charge on any atom is 0.240 e. The van der Waals surface area contributed by atoms with Crippen molar-refractivity contribution in [2.75, 3.05) is 33.4 Å². The van der Waals surface area contributed by atoms with Crippen LogP contribution in [-0.4, -0.2) is 65.2 Å². The Hall–Kier alpha value is -1.47. The van der Waals surface area contributed by atoms with Crippen LogP contribution < -0.4 is 0 Å². The van der Waals surface area contributed by atoms with Crippen LogP contribution in [0.15, 0.2) is 4.52 Å². The highest BCUT2D eigenvalue weighted by Gasteiger charge is 2.48. The summed E-state index contributed by atoms with van der Waals surface area (Å²) in [5.41, 5.74) is -0.207. The molecule has 7 nitrogen and oxygen atoms in total. The van der Waals surface area contributed by atoms with Crippen molar-refractivity contribution in [2.45, 2.75) is 52.1 Å². The van der Waals surface area contributed by atoms with E-state index in [0.29, 0.717) is 37.2 Å². The first kappa shape index (κ1) is 17.4. The van der Waals surface area contributed by atoms with Crippen LogP contribution in [0.1, 0.15) is 44.8 Å². The molecular formula is C17H28N4O3. The first-order valence-electron chi connectivity index (χ1n) is 8.88. The third-order valence-electron chi connectivity index (χ3n) is 5.22. The van der Waals surface area contributed by atoms with E-state index >= 15 is 0 Å². The van der Waals surface area contributed by atoms with Crippen molar-refractivity contribution >= 4 is 5.91 Å². The number of piperidine rings is 1. The monoisotopic (exact) mass is 336 g/mol. The van der Waals surface area contributed by atoms with Crippen molar-refractivity contribution in [1.29, 1.82) is 0 Å². The Labute approximate surface area is 143 Å². The zero-order chi connectivity index (χ0) is 17.2. The number of hydrogen-bond donors (Lipinski definition) is 0. The van der Waals surface area contributed by atoms with Crippen LogP contribution in [0, 0.1) is 5.41 Å². The van der Waals surface area contributed by atoms with Gasteiger partial charge in [0.2, 0.25) is 11.8 Å². The molecule has 2 aliphatic rings. The van der Waals surface area contributed by atoms with E-state index in [1.54, 1.807) is 7.11 Å². The van der Waals surface area contributed by atoms with Gasteiger partial charge in [-0.1, -0.05) is 5.16 Å². The predicted octanol–water partition coefficient (Wildman–Crippen LogP) is 1.48. The lowest BCUT2D eigenvalue weighted by atomic mass is 9.78. The lowest BCUT2D eigenvalue weighted by Gasteiger charge is -2.41. The summed E-state index contributed by atoms with van der Waals surface area (Å²) in [5, 5.41) is 3.98. The van der Waals surface area contributed by atoms with Gasteiger partial charge in [0.15, 0.2) is 5.82 Å². The van der Waals surface area contributed by atoms with Crippen LogP contribution in [-0.2, 0) is 22.5 Å². The molecule has 0 aromatic carbocycles. The maximum atomic E-state index is 12.9. The molecule has 3 rings (SSSR count). The number of amides is 1. The van der Waals surface area contributed by atoms with Crippen LogP contribution in [0.4, 0.5) is 0 Å². The average Bonchev–Trinajstić information content (AvgIpc) is 3.16. The molecule has 2 aliphatic heterocycles. The van der Waals surface area contributed by atoms with Gasteiger partial charge in [-0.3, -0.25) is 9.69 Å². The molecule has 0 saturated carbocycles. The topological polar surface area (TPSA) is 71.7 Å². The number of aromatic nitrogens is 2. The Kier molecular flexibility index (Phi) is 5.20. The Morgan fingerprint density at radius 3 is 2.92 bits per heavy atom. The van der Waals surface area contributed by atoms with E-state index in [2.05, 4.69) is 28.9 Å². The van der Waals surface area contributed by atoms with Crippen LogP contribution in [0.5, 0.6) is 0 Å². The second kappa shape index (κ2) is 7.19. The average molecular weight is 336 g/mol. The number of nitrogens with zero attached hydrogens (tertiary/aromatic N) is 4. The van der Waals surface area contributed by atoms with Crippen LogP contribution >= 0.6 is 0 Å². The van der Waals surface area contributed by atoms with Crippen molar-refractivity contribution in [3.05, 3.63) is 11.7 Å². The highest BCUT2D eigenvalue weighted by atomic mass is 16.5. The van der Waals surface area contributed by atoms with Crippen molar-refractivity contribution in [2.24, 2.45) is 5.41 Å². The molecule has 134 valence electrons. The van der Waals surface area contributed by atoms with E-state index in [1.165, 1.54) is 0 Å². The van der Waals surface area contributed by atoms with Gasteiger partial charge in [0.05, 0.1) is 18.6 Å². The summed E-state index contributed by atoms with van der Waals surface area (Å²) < 4.78 is 10.4. The van der Waals surface area contributed by atoms with Crippen LogP contribution in [0.25, 0.3) is 0 Å². The summed E-state index contributed by atoms with van der Waals surface area (Å²) in [6.07, 6.45) is 3.68. The van der Waals surface area contributed by atoms with Crippen LogP contribution in [0.3, 0.4) is 0 Å². The second-order valence-electron chi connectivity index (χ2n) is 7.28. The first-order chi connectivity index (χ1) is 11.5. The molecule has 1 spiro atoms. The molecule has 0 aliphatic carbocycles. The standard InChI is InChI=1S/C17H28N4O3/c1-13(2)21-8-4-6-17(16(21)22)7-9-20(12-17)11-15-18-14(19-24-15)5-10-23-3/h13H,4-12H2,1-3H3. The van der Waals surface area contributed by atoms with Crippen molar-refractivity contribution in [3.8, 4) is 0 Å². The quantitative estimate of drug-likeness (QED) is 0.784. The van der Waals surface area contributed by atoms with Gasteiger partial charge >= 0.3 is 0 Å². The molecule has 1 unspecified atom stereocenters. The Bertz CT molecular complexity index is 574. The third-order valence-corrected chi connectivity index (χ3v) is 5.22. The van der Waals surface area contributed by atoms with Gasteiger partial charge in [0.25, 0.3) is 0 Å². The van der Waals surface area contributed by atoms with Crippen molar-refractivity contribution in [1.82, 2.24) is 19.9 Å². The highest BCUT2D eigenvalue weighted by molar-refractivity contribution is 5.84. The largest absolute Gasteiger partial charge is 0.384 e. The molecular weight excluding hydrogens is 308 g/mol. The molecule has 1 atom stereocenters. The minimum Gasteiger partial charge on any atom is -0.384 e. The summed E-state index contributed by atoms with van der Waals surface area (Å²) in [6, 6.07) is 0.281. The van der Waals surface area contributed by atoms with Gasteiger partial charge < -0.3 is 14.2 Å². The van der Waals surface area contributed by atoms with Gasteiger partial charge in [-0.25, -0.2) is 0 Å². The number of hydrogen-bond acceptors (Lipinski definition) is 6. The number of ether oxygens (including phenoxy) is 1. The molecule has 1 amide bonds. The molecule has 1 aromatic rings. The zero-order valence-corrected chi connectivity index (χ0v) is 15.0. The van der Waals surface area contributed by atoms with E-state index in [9.17, 15) is 4.79 Å². The Morgan fingerprint density at radius 1 is 1.33 bits per heavy atom. The van der Waals surface area contributed by atoms with Gasteiger partial charge in [-0.2, -0.15) is 4.98 Å².